The van der Waals surface area contributed by atoms with Crippen molar-refractivity contribution in [2.45, 2.75) is 0 Å². The summed E-state index contributed by atoms with van der Waals surface area (Å²) in [6, 6.07) is 26.4. The molecular weight excluding hydrogens is 424 g/mol. The lowest BCUT2D eigenvalue weighted by Crippen LogP contribution is -2.11. The van der Waals surface area contributed by atoms with Gasteiger partial charge in [-0.2, -0.15) is 0 Å². The first kappa shape index (κ1) is 19.7. The lowest BCUT2D eigenvalue weighted by molar-refractivity contribution is 0.103. The van der Waals surface area contributed by atoms with Crippen LogP contribution in [0.2, 0.25) is 0 Å². The van der Waals surface area contributed by atoms with Gasteiger partial charge in [0.25, 0.3) is 5.91 Å². The molecule has 0 aliphatic rings. The summed E-state index contributed by atoms with van der Waals surface area (Å²) < 4.78 is 4.56. The van der Waals surface area contributed by atoms with Gasteiger partial charge in [0.1, 0.15) is 9.88 Å². The molecule has 8 heteroatoms. The molecule has 0 unspecified atom stereocenters. The molecule has 5 aromatic rings. The summed E-state index contributed by atoms with van der Waals surface area (Å²) in [6.07, 6.45) is 0. The Hall–Kier alpha value is -4.30. The fourth-order valence-electron chi connectivity index (χ4n) is 3.26. The van der Waals surface area contributed by atoms with Gasteiger partial charge in [-0.05, 0) is 12.1 Å². The highest BCUT2D eigenvalue weighted by molar-refractivity contribution is 7.17. The number of rotatable bonds is 5. The number of nitrogens with zero attached hydrogens (tertiary/aromatic N) is 2. The quantitative estimate of drug-likeness (QED) is 0.397. The van der Waals surface area contributed by atoms with E-state index in [2.05, 4.69) is 20.0 Å². The summed E-state index contributed by atoms with van der Waals surface area (Å²) >= 11 is 1.34. The Morgan fingerprint density at radius 3 is 2.25 bits per heavy atom. The van der Waals surface area contributed by atoms with Gasteiger partial charge >= 0.3 is 5.76 Å². The first-order valence-electron chi connectivity index (χ1n) is 9.77. The van der Waals surface area contributed by atoms with Gasteiger partial charge in [-0.3, -0.25) is 14.3 Å². The third kappa shape index (κ3) is 3.99. The van der Waals surface area contributed by atoms with Crippen LogP contribution in [-0.4, -0.2) is 21.0 Å². The van der Waals surface area contributed by atoms with Crippen molar-refractivity contribution in [3.63, 3.8) is 0 Å². The van der Waals surface area contributed by atoms with Crippen molar-refractivity contribution in [2.75, 3.05) is 5.32 Å². The highest BCUT2D eigenvalue weighted by Gasteiger charge is 2.20. The molecule has 0 saturated heterocycles. The van der Waals surface area contributed by atoms with Crippen LogP contribution in [0.4, 0.5) is 5.69 Å². The molecule has 32 heavy (non-hydrogen) atoms. The smallest absolute Gasteiger partial charge is 0.321 e. The molecule has 3 aromatic carbocycles. The number of aromatic nitrogens is 3. The number of thiazole rings is 1. The first-order chi connectivity index (χ1) is 15.7. The van der Waals surface area contributed by atoms with E-state index < -0.39 is 5.76 Å². The van der Waals surface area contributed by atoms with Gasteiger partial charge in [0.2, 0.25) is 0 Å². The van der Waals surface area contributed by atoms with Gasteiger partial charge in [-0.1, -0.05) is 78.0 Å². The monoisotopic (exact) mass is 440 g/mol. The summed E-state index contributed by atoms with van der Waals surface area (Å²) in [6.45, 7) is 0. The molecule has 156 valence electrons. The largest absolute Gasteiger partial charge is 0.439 e. The number of amides is 1. The number of H-pyrrole nitrogens is 1. The number of nitrogens with one attached hydrogen (secondary N) is 2. The normalized spacial score (nSPS) is 10.8. The first-order valence-corrected chi connectivity index (χ1v) is 10.6. The summed E-state index contributed by atoms with van der Waals surface area (Å²) in [5, 5.41) is 7.39. The Balaban J connectivity index is 1.51. The maximum Gasteiger partial charge on any atom is 0.439 e. The highest BCUT2D eigenvalue weighted by atomic mass is 32.1. The van der Waals surface area contributed by atoms with Crippen LogP contribution in [0.5, 0.6) is 0 Å². The summed E-state index contributed by atoms with van der Waals surface area (Å²) in [5.41, 5.74) is 3.62. The van der Waals surface area contributed by atoms with Crippen molar-refractivity contribution in [1.29, 1.82) is 0 Å². The van der Waals surface area contributed by atoms with Crippen LogP contribution in [0, 0.1) is 0 Å². The van der Waals surface area contributed by atoms with Gasteiger partial charge in [0, 0.05) is 22.4 Å². The topological polar surface area (TPSA) is 101 Å². The highest BCUT2D eigenvalue weighted by Crippen LogP contribution is 2.34. The zero-order chi connectivity index (χ0) is 21.9. The molecule has 2 aromatic heterocycles. The lowest BCUT2D eigenvalue weighted by atomic mass is 10.1. The Bertz CT molecular complexity index is 1440. The number of carbonyl (C=O) groups is 1. The van der Waals surface area contributed by atoms with Crippen molar-refractivity contribution in [3.05, 3.63) is 100 Å². The van der Waals surface area contributed by atoms with Gasteiger partial charge in [-0.25, -0.2) is 9.78 Å². The molecule has 0 saturated carbocycles. The molecule has 0 fully saturated rings. The zero-order valence-electron chi connectivity index (χ0n) is 16.6. The predicted octanol–water partition coefficient (Wildman–Crippen LogP) is 5.07. The fraction of sp³-hybridized carbons (Fsp3) is 0. The van der Waals surface area contributed by atoms with Crippen LogP contribution in [-0.2, 0) is 0 Å². The zero-order valence-corrected chi connectivity index (χ0v) is 17.4. The van der Waals surface area contributed by atoms with Crippen molar-refractivity contribution in [1.82, 2.24) is 15.1 Å². The average Bonchev–Trinajstić information content (AvgIpc) is 3.47. The minimum Gasteiger partial charge on any atom is -0.321 e. The minimum absolute atomic E-state index is 0.269. The third-order valence-corrected chi connectivity index (χ3v) is 5.84. The van der Waals surface area contributed by atoms with Gasteiger partial charge in [-0.15, -0.1) is 11.3 Å². The van der Waals surface area contributed by atoms with Crippen molar-refractivity contribution >= 4 is 22.9 Å². The number of carbonyl (C=O) groups excluding carboxylic acids is 1. The van der Waals surface area contributed by atoms with Crippen molar-refractivity contribution in [3.8, 4) is 33.2 Å². The Morgan fingerprint density at radius 2 is 1.56 bits per heavy atom. The van der Waals surface area contributed by atoms with Crippen molar-refractivity contribution < 1.29 is 9.32 Å². The lowest BCUT2D eigenvalue weighted by Gasteiger charge is -2.06. The SMILES string of the molecule is O=C(Nc1cccc(-c2noc(=O)[nH]2)c1)c1sc(-c2ccccc2)nc1-c1ccccc1. The summed E-state index contributed by atoms with van der Waals surface area (Å²) in [7, 11) is 0. The maximum atomic E-state index is 13.3. The minimum atomic E-state index is -0.639. The van der Waals surface area contributed by atoms with Crippen LogP contribution in [0.3, 0.4) is 0 Å². The van der Waals surface area contributed by atoms with E-state index in [9.17, 15) is 9.59 Å². The molecule has 0 aliphatic heterocycles. The van der Waals surface area contributed by atoms with E-state index in [0.717, 1.165) is 16.1 Å². The second-order valence-electron chi connectivity index (χ2n) is 6.91. The Kier molecular flexibility index (Phi) is 5.19. The predicted molar refractivity (Wildman–Crippen MR) is 123 cm³/mol. The molecule has 0 atom stereocenters. The molecule has 0 bridgehead atoms. The molecule has 2 heterocycles. The number of aromatic amines is 1. The van der Waals surface area contributed by atoms with E-state index in [-0.39, 0.29) is 5.91 Å². The number of hydrogen-bond donors (Lipinski definition) is 2. The van der Waals surface area contributed by atoms with E-state index in [1.165, 1.54) is 11.3 Å². The molecule has 7 nitrogen and oxygen atoms in total. The second-order valence-corrected chi connectivity index (χ2v) is 7.91. The summed E-state index contributed by atoms with van der Waals surface area (Å²) in [4.78, 5) is 32.3. The van der Waals surface area contributed by atoms with Crippen LogP contribution in [0.25, 0.3) is 33.2 Å². The van der Waals surface area contributed by atoms with E-state index in [4.69, 9.17) is 4.98 Å². The van der Waals surface area contributed by atoms with Crippen molar-refractivity contribution in [2.24, 2.45) is 0 Å². The van der Waals surface area contributed by atoms with Crippen LogP contribution < -0.4 is 11.1 Å². The van der Waals surface area contributed by atoms with Gasteiger partial charge in [0.05, 0.1) is 5.69 Å². The molecular formula is C24H16N4O3S. The molecule has 2 N–H and O–H groups in total. The summed E-state index contributed by atoms with van der Waals surface area (Å²) in [5.74, 6) is -0.616. The molecule has 5 rings (SSSR count). The molecule has 0 radical (unpaired) electrons. The van der Waals surface area contributed by atoms with Crippen LogP contribution in [0.1, 0.15) is 9.67 Å². The molecule has 0 aliphatic carbocycles. The van der Waals surface area contributed by atoms with Gasteiger partial charge in [0.15, 0.2) is 5.82 Å². The van der Waals surface area contributed by atoms with E-state index in [1.807, 2.05) is 60.7 Å². The van der Waals surface area contributed by atoms with Gasteiger partial charge < -0.3 is 5.32 Å². The van der Waals surface area contributed by atoms with Crippen LogP contribution in [0.15, 0.2) is 94.2 Å². The number of benzene rings is 3. The second kappa shape index (κ2) is 8.44. The number of anilines is 1. The van der Waals surface area contributed by atoms with E-state index >= 15 is 0 Å². The fourth-order valence-corrected chi connectivity index (χ4v) is 4.24. The van der Waals surface area contributed by atoms with E-state index in [0.29, 0.717) is 27.6 Å². The maximum absolute atomic E-state index is 13.3. The number of hydrogen-bond acceptors (Lipinski definition) is 6. The Labute approximate surface area is 186 Å². The van der Waals surface area contributed by atoms with Crippen LogP contribution >= 0.6 is 11.3 Å². The average molecular weight is 440 g/mol. The molecule has 0 spiro atoms. The third-order valence-electron chi connectivity index (χ3n) is 4.74. The van der Waals surface area contributed by atoms with E-state index in [1.54, 1.807) is 24.3 Å². The standard InChI is InChI=1S/C24H16N4O3S/c29-22(25-18-13-7-12-17(14-18)21-27-24(30)31-28-21)20-19(15-8-3-1-4-9-15)26-23(32-20)16-10-5-2-6-11-16/h1-14H,(H,25,29)(H,27,28,30). The Morgan fingerprint density at radius 1 is 0.875 bits per heavy atom. The molecule has 1 amide bonds.